The second-order valence-electron chi connectivity index (χ2n) is 8.41. The van der Waals surface area contributed by atoms with Crippen molar-refractivity contribution in [3.63, 3.8) is 0 Å². The summed E-state index contributed by atoms with van der Waals surface area (Å²) in [5, 5.41) is 6.95. The molecule has 2 rings (SSSR count). The zero-order chi connectivity index (χ0) is 19.9. The summed E-state index contributed by atoms with van der Waals surface area (Å²) in [7, 11) is 4.41. The number of piperazine rings is 1. The van der Waals surface area contributed by atoms with Gasteiger partial charge in [0.1, 0.15) is 0 Å². The molecule has 5 nitrogen and oxygen atoms in total. The average molecular weight is 502 g/mol. The van der Waals surface area contributed by atoms with Crippen LogP contribution in [0, 0.1) is 0 Å². The van der Waals surface area contributed by atoms with E-state index < -0.39 is 0 Å². The summed E-state index contributed by atoms with van der Waals surface area (Å²) in [5.41, 5.74) is 2.73. The highest BCUT2D eigenvalue weighted by Gasteiger charge is 2.23. The third kappa shape index (κ3) is 7.52. The van der Waals surface area contributed by atoms with Gasteiger partial charge in [-0.05, 0) is 38.6 Å². The standard InChI is InChI=1S/C22H39N5.HI/c1-7-18-9-11-19(12-10-18)22(3,4)17-25-21(23-8-2)24-15-20-16-26(5)13-14-27(20)6;/h9-12,20H,7-8,13-17H2,1-6H3,(H2,23,24,25);1H. The van der Waals surface area contributed by atoms with Crippen molar-refractivity contribution in [2.75, 3.05) is 53.4 Å². The fraction of sp³-hybridized carbons (Fsp3) is 0.682. The fourth-order valence-corrected chi connectivity index (χ4v) is 3.44. The van der Waals surface area contributed by atoms with E-state index in [0.29, 0.717) is 6.04 Å². The first-order valence-corrected chi connectivity index (χ1v) is 10.4. The molecule has 1 aliphatic rings. The maximum atomic E-state index is 4.89. The number of rotatable bonds is 7. The van der Waals surface area contributed by atoms with Gasteiger partial charge in [-0.25, -0.2) is 0 Å². The predicted molar refractivity (Wildman–Crippen MR) is 132 cm³/mol. The fourth-order valence-electron chi connectivity index (χ4n) is 3.44. The molecule has 0 amide bonds. The lowest BCUT2D eigenvalue weighted by molar-refractivity contribution is 0.116. The number of aryl methyl sites for hydroxylation is 1. The summed E-state index contributed by atoms with van der Waals surface area (Å²) in [4.78, 5) is 9.74. The lowest BCUT2D eigenvalue weighted by Crippen LogP contribution is -2.55. The molecule has 0 saturated carbocycles. The van der Waals surface area contributed by atoms with Crippen LogP contribution in [-0.2, 0) is 11.8 Å². The molecule has 1 unspecified atom stereocenters. The number of halogens is 1. The Morgan fingerprint density at radius 1 is 1.11 bits per heavy atom. The van der Waals surface area contributed by atoms with Crippen molar-refractivity contribution in [3.8, 4) is 0 Å². The van der Waals surface area contributed by atoms with E-state index in [0.717, 1.165) is 51.6 Å². The second-order valence-corrected chi connectivity index (χ2v) is 8.41. The van der Waals surface area contributed by atoms with Gasteiger partial charge in [0.2, 0.25) is 0 Å². The van der Waals surface area contributed by atoms with Gasteiger partial charge >= 0.3 is 0 Å². The van der Waals surface area contributed by atoms with Crippen molar-refractivity contribution < 1.29 is 0 Å². The van der Waals surface area contributed by atoms with Crippen LogP contribution in [0.25, 0.3) is 0 Å². The molecule has 1 saturated heterocycles. The zero-order valence-corrected chi connectivity index (χ0v) is 20.9. The third-order valence-electron chi connectivity index (χ3n) is 5.61. The summed E-state index contributed by atoms with van der Waals surface area (Å²) in [6.45, 7) is 14.8. The molecule has 0 spiro atoms. The average Bonchev–Trinajstić information content (AvgIpc) is 2.66. The predicted octanol–water partition coefficient (Wildman–Crippen LogP) is 2.95. The number of nitrogens with one attached hydrogen (secondary N) is 2. The Bertz CT molecular complexity index is 599. The molecule has 1 heterocycles. The van der Waals surface area contributed by atoms with Gasteiger partial charge in [-0.3, -0.25) is 9.89 Å². The van der Waals surface area contributed by atoms with E-state index >= 15 is 0 Å². The Morgan fingerprint density at radius 2 is 1.79 bits per heavy atom. The van der Waals surface area contributed by atoms with Crippen LogP contribution in [0.1, 0.15) is 38.8 Å². The number of hydrogen-bond acceptors (Lipinski definition) is 3. The van der Waals surface area contributed by atoms with E-state index in [2.05, 4.69) is 86.5 Å². The lowest BCUT2D eigenvalue weighted by Gasteiger charge is -2.38. The second kappa shape index (κ2) is 12.0. The van der Waals surface area contributed by atoms with Crippen LogP contribution in [0.15, 0.2) is 29.3 Å². The van der Waals surface area contributed by atoms with Crippen LogP contribution in [0.4, 0.5) is 0 Å². The minimum Gasteiger partial charge on any atom is -0.357 e. The molecule has 1 aromatic carbocycles. The maximum Gasteiger partial charge on any atom is 0.191 e. The molecule has 0 bridgehead atoms. The van der Waals surface area contributed by atoms with Crippen LogP contribution in [0.5, 0.6) is 0 Å². The number of hydrogen-bond donors (Lipinski definition) is 2. The van der Waals surface area contributed by atoms with Gasteiger partial charge in [0.05, 0.1) is 6.54 Å². The van der Waals surface area contributed by atoms with Gasteiger partial charge in [0.25, 0.3) is 0 Å². The molecule has 160 valence electrons. The Morgan fingerprint density at radius 3 is 2.39 bits per heavy atom. The van der Waals surface area contributed by atoms with E-state index in [-0.39, 0.29) is 29.4 Å². The van der Waals surface area contributed by atoms with E-state index in [4.69, 9.17) is 4.99 Å². The molecule has 0 radical (unpaired) electrons. The molecule has 0 aromatic heterocycles. The van der Waals surface area contributed by atoms with E-state index in [1.807, 2.05) is 0 Å². The quantitative estimate of drug-likeness (QED) is 0.343. The topological polar surface area (TPSA) is 42.9 Å². The smallest absolute Gasteiger partial charge is 0.191 e. The van der Waals surface area contributed by atoms with Crippen LogP contribution in [-0.4, -0.2) is 75.2 Å². The Hall–Kier alpha value is -0.860. The van der Waals surface area contributed by atoms with Gasteiger partial charge in [-0.1, -0.05) is 45.0 Å². The highest BCUT2D eigenvalue weighted by molar-refractivity contribution is 14.0. The SMILES string of the molecule is CCNC(=NCC(C)(C)c1ccc(CC)cc1)NCC1CN(C)CCN1C.I. The molecule has 0 aliphatic carbocycles. The molecule has 2 N–H and O–H groups in total. The third-order valence-corrected chi connectivity index (χ3v) is 5.61. The van der Waals surface area contributed by atoms with Crippen LogP contribution < -0.4 is 10.6 Å². The Balaban J connectivity index is 0.00000392. The highest BCUT2D eigenvalue weighted by atomic mass is 127. The van der Waals surface area contributed by atoms with Crippen LogP contribution in [0.2, 0.25) is 0 Å². The lowest BCUT2D eigenvalue weighted by atomic mass is 9.84. The Kier molecular flexibility index (Phi) is 10.8. The van der Waals surface area contributed by atoms with Crippen LogP contribution in [0.3, 0.4) is 0 Å². The first-order chi connectivity index (χ1) is 12.9. The van der Waals surface area contributed by atoms with E-state index in [1.54, 1.807) is 0 Å². The summed E-state index contributed by atoms with van der Waals surface area (Å²) >= 11 is 0. The molecule has 1 aromatic rings. The minimum absolute atomic E-state index is 0. The van der Waals surface area contributed by atoms with Crippen molar-refractivity contribution in [2.24, 2.45) is 4.99 Å². The summed E-state index contributed by atoms with van der Waals surface area (Å²) in [6.07, 6.45) is 1.08. The largest absolute Gasteiger partial charge is 0.357 e. The number of nitrogens with zero attached hydrogens (tertiary/aromatic N) is 3. The van der Waals surface area contributed by atoms with Gasteiger partial charge in [-0.2, -0.15) is 0 Å². The molecule has 1 fully saturated rings. The monoisotopic (exact) mass is 501 g/mol. The normalized spacial score (nSPS) is 19.2. The van der Waals surface area contributed by atoms with Gasteiger partial charge in [-0.15, -0.1) is 24.0 Å². The molecular formula is C22H40IN5. The van der Waals surface area contributed by atoms with E-state index in [1.165, 1.54) is 11.1 Å². The van der Waals surface area contributed by atoms with Crippen molar-refractivity contribution in [1.82, 2.24) is 20.4 Å². The summed E-state index contributed by atoms with van der Waals surface area (Å²) in [5.74, 6) is 0.914. The van der Waals surface area contributed by atoms with Crippen molar-refractivity contribution in [2.45, 2.75) is 45.6 Å². The van der Waals surface area contributed by atoms with Crippen LogP contribution >= 0.6 is 24.0 Å². The number of likely N-dealkylation sites (N-methyl/N-ethyl adjacent to an activating group) is 2. The molecule has 1 atom stereocenters. The zero-order valence-electron chi connectivity index (χ0n) is 18.6. The highest BCUT2D eigenvalue weighted by Crippen LogP contribution is 2.24. The Labute approximate surface area is 189 Å². The molecule has 6 heteroatoms. The van der Waals surface area contributed by atoms with E-state index in [9.17, 15) is 0 Å². The maximum absolute atomic E-state index is 4.89. The molecule has 28 heavy (non-hydrogen) atoms. The van der Waals surface area contributed by atoms with Crippen molar-refractivity contribution >= 4 is 29.9 Å². The molecular weight excluding hydrogens is 461 g/mol. The summed E-state index contributed by atoms with van der Waals surface area (Å²) < 4.78 is 0. The number of guanidine groups is 1. The number of aliphatic imine (C=N–C) groups is 1. The number of benzene rings is 1. The van der Waals surface area contributed by atoms with Crippen molar-refractivity contribution in [3.05, 3.63) is 35.4 Å². The van der Waals surface area contributed by atoms with Gasteiger partial charge in [0, 0.05) is 44.2 Å². The van der Waals surface area contributed by atoms with Gasteiger partial charge < -0.3 is 15.5 Å². The van der Waals surface area contributed by atoms with Crippen molar-refractivity contribution in [1.29, 1.82) is 0 Å². The minimum atomic E-state index is 0. The first-order valence-electron chi connectivity index (χ1n) is 10.4. The molecule has 1 aliphatic heterocycles. The summed E-state index contributed by atoms with van der Waals surface area (Å²) in [6, 6.07) is 9.49. The first kappa shape index (κ1) is 25.2. The van der Waals surface area contributed by atoms with Gasteiger partial charge in [0.15, 0.2) is 5.96 Å².